The molecule has 1 aliphatic rings. The van der Waals surface area contributed by atoms with Crippen LogP contribution in [0.2, 0.25) is 0 Å². The first-order chi connectivity index (χ1) is 12.0. The van der Waals surface area contributed by atoms with Crippen LogP contribution in [0.15, 0.2) is 48.5 Å². The summed E-state index contributed by atoms with van der Waals surface area (Å²) in [5, 5.41) is 20.4. The Bertz CT molecular complexity index is 734. The van der Waals surface area contributed by atoms with Gasteiger partial charge >= 0.3 is 5.97 Å². The summed E-state index contributed by atoms with van der Waals surface area (Å²) in [6.45, 7) is 4.49. The number of hydrogen-bond donors (Lipinski definition) is 2. The molecule has 4 heteroatoms. The van der Waals surface area contributed by atoms with E-state index in [1.165, 1.54) is 5.56 Å². The van der Waals surface area contributed by atoms with Crippen LogP contribution in [-0.2, 0) is 18.6 Å². The quantitative estimate of drug-likeness (QED) is 0.876. The molecule has 0 amide bonds. The number of carboxylic acids is 1. The van der Waals surface area contributed by atoms with Gasteiger partial charge in [-0.3, -0.25) is 4.90 Å². The fraction of sp³-hybridized carbons (Fsp3) is 0.381. The Morgan fingerprint density at radius 3 is 2.40 bits per heavy atom. The van der Waals surface area contributed by atoms with Crippen LogP contribution in [0, 0.1) is 0 Å². The molecular weight excluding hydrogens is 314 g/mol. The molecule has 0 radical (unpaired) electrons. The number of hydrogen-bond acceptors (Lipinski definition) is 3. The van der Waals surface area contributed by atoms with Gasteiger partial charge in [-0.1, -0.05) is 49.4 Å². The highest BCUT2D eigenvalue weighted by Crippen LogP contribution is 2.34. The Hall–Kier alpha value is -2.17. The van der Waals surface area contributed by atoms with Crippen LogP contribution in [0.1, 0.15) is 46.8 Å². The Balaban J connectivity index is 1.71. The second-order valence-electron chi connectivity index (χ2n) is 6.82. The highest BCUT2D eigenvalue weighted by molar-refractivity contribution is 5.89. The Kier molecular flexibility index (Phi) is 5.21. The average Bonchev–Trinajstić information content (AvgIpc) is 2.64. The van der Waals surface area contributed by atoms with Gasteiger partial charge in [-0.15, -0.1) is 0 Å². The lowest BCUT2D eigenvalue weighted by Crippen LogP contribution is -2.42. The van der Waals surface area contributed by atoms with E-state index in [2.05, 4.69) is 17.0 Å². The van der Waals surface area contributed by atoms with Gasteiger partial charge in [-0.05, 0) is 42.0 Å². The monoisotopic (exact) mass is 339 g/mol. The van der Waals surface area contributed by atoms with Gasteiger partial charge in [0.1, 0.15) is 0 Å². The topological polar surface area (TPSA) is 60.8 Å². The lowest BCUT2D eigenvalue weighted by molar-refractivity contribution is -0.0278. The zero-order valence-corrected chi connectivity index (χ0v) is 14.6. The lowest BCUT2D eigenvalue weighted by Gasteiger charge is -2.39. The Morgan fingerprint density at radius 1 is 1.12 bits per heavy atom. The normalized spacial score (nSPS) is 17.4. The number of carboxylic acid groups (broad SMARTS) is 1. The van der Waals surface area contributed by atoms with Crippen molar-refractivity contribution >= 4 is 5.97 Å². The number of rotatable bonds is 5. The summed E-state index contributed by atoms with van der Waals surface area (Å²) < 4.78 is 0. The van der Waals surface area contributed by atoms with Crippen molar-refractivity contribution in [2.45, 2.75) is 38.3 Å². The van der Waals surface area contributed by atoms with Crippen LogP contribution >= 0.6 is 0 Å². The number of nitrogens with zero attached hydrogens (tertiary/aromatic N) is 1. The van der Waals surface area contributed by atoms with Gasteiger partial charge in [0.15, 0.2) is 0 Å². The van der Waals surface area contributed by atoms with Gasteiger partial charge in [-0.2, -0.15) is 0 Å². The van der Waals surface area contributed by atoms with Crippen LogP contribution in [0.25, 0.3) is 0 Å². The molecule has 2 N–H and O–H groups in total. The van der Waals surface area contributed by atoms with E-state index in [0.29, 0.717) is 24.8 Å². The van der Waals surface area contributed by atoms with Crippen LogP contribution in [0.4, 0.5) is 0 Å². The van der Waals surface area contributed by atoms with Crippen molar-refractivity contribution in [2.24, 2.45) is 0 Å². The van der Waals surface area contributed by atoms with Crippen molar-refractivity contribution in [3.8, 4) is 0 Å². The number of piperidine rings is 1. The van der Waals surface area contributed by atoms with Crippen LogP contribution in [-0.4, -0.2) is 34.2 Å². The molecule has 4 nitrogen and oxygen atoms in total. The van der Waals surface area contributed by atoms with Crippen LogP contribution < -0.4 is 0 Å². The SMILES string of the molecule is CCc1cc(C2(O)CCN(Cc3ccccc3)CC2)ccc1C(=O)O. The largest absolute Gasteiger partial charge is 0.478 e. The second kappa shape index (κ2) is 7.38. The third kappa shape index (κ3) is 3.91. The van der Waals surface area contributed by atoms with Gasteiger partial charge in [0.2, 0.25) is 0 Å². The summed E-state index contributed by atoms with van der Waals surface area (Å²) in [7, 11) is 0. The predicted octanol–water partition coefficient (Wildman–Crippen LogP) is 3.43. The van der Waals surface area contributed by atoms with E-state index in [9.17, 15) is 15.0 Å². The number of aromatic carboxylic acids is 1. The van der Waals surface area contributed by atoms with Gasteiger partial charge in [0.25, 0.3) is 0 Å². The number of aryl methyl sites for hydroxylation is 1. The third-order valence-electron chi connectivity index (χ3n) is 5.19. The molecule has 2 aromatic carbocycles. The van der Waals surface area contributed by atoms with E-state index < -0.39 is 11.6 Å². The van der Waals surface area contributed by atoms with Gasteiger partial charge in [-0.25, -0.2) is 4.79 Å². The zero-order valence-electron chi connectivity index (χ0n) is 14.6. The van der Waals surface area contributed by atoms with E-state index in [1.54, 1.807) is 12.1 Å². The molecule has 1 aliphatic heterocycles. The van der Waals surface area contributed by atoms with E-state index in [0.717, 1.165) is 30.8 Å². The number of aliphatic hydroxyl groups is 1. The fourth-order valence-electron chi connectivity index (χ4n) is 3.60. The minimum atomic E-state index is -0.909. The lowest BCUT2D eigenvalue weighted by atomic mass is 9.82. The highest BCUT2D eigenvalue weighted by atomic mass is 16.4. The van der Waals surface area contributed by atoms with Crippen molar-refractivity contribution < 1.29 is 15.0 Å². The molecule has 0 unspecified atom stereocenters. The molecule has 0 bridgehead atoms. The summed E-state index contributed by atoms with van der Waals surface area (Å²) in [4.78, 5) is 13.7. The van der Waals surface area contributed by atoms with Crippen molar-refractivity contribution in [1.29, 1.82) is 0 Å². The zero-order chi connectivity index (χ0) is 17.9. The van der Waals surface area contributed by atoms with Crippen molar-refractivity contribution in [2.75, 3.05) is 13.1 Å². The molecule has 0 aliphatic carbocycles. The molecule has 132 valence electrons. The van der Waals surface area contributed by atoms with Crippen molar-refractivity contribution in [3.05, 3.63) is 70.8 Å². The standard InChI is InChI=1S/C21H25NO3/c1-2-17-14-18(8-9-19(17)20(23)24)21(25)10-12-22(13-11-21)15-16-6-4-3-5-7-16/h3-9,14,25H,2,10-13,15H2,1H3,(H,23,24). The smallest absolute Gasteiger partial charge is 0.335 e. The molecule has 1 saturated heterocycles. The summed E-state index contributed by atoms with van der Waals surface area (Å²) in [5.41, 5.74) is 2.37. The van der Waals surface area contributed by atoms with E-state index >= 15 is 0 Å². The maximum Gasteiger partial charge on any atom is 0.335 e. The number of carbonyl (C=O) groups is 1. The Labute approximate surface area is 148 Å². The predicted molar refractivity (Wildman–Crippen MR) is 97.6 cm³/mol. The van der Waals surface area contributed by atoms with Gasteiger partial charge < -0.3 is 10.2 Å². The maximum atomic E-state index is 11.3. The van der Waals surface area contributed by atoms with Crippen LogP contribution in [0.5, 0.6) is 0 Å². The minimum Gasteiger partial charge on any atom is -0.478 e. The second-order valence-corrected chi connectivity index (χ2v) is 6.82. The van der Waals surface area contributed by atoms with Gasteiger partial charge in [0.05, 0.1) is 11.2 Å². The molecule has 3 rings (SSSR count). The first-order valence-corrected chi connectivity index (χ1v) is 8.87. The molecule has 1 fully saturated rings. The first kappa shape index (κ1) is 17.6. The molecule has 0 spiro atoms. The first-order valence-electron chi connectivity index (χ1n) is 8.87. The van der Waals surface area contributed by atoms with E-state index in [-0.39, 0.29) is 0 Å². The minimum absolute atomic E-state index is 0.330. The fourth-order valence-corrected chi connectivity index (χ4v) is 3.60. The van der Waals surface area contributed by atoms with Crippen molar-refractivity contribution in [3.63, 3.8) is 0 Å². The van der Waals surface area contributed by atoms with E-state index in [1.807, 2.05) is 31.2 Å². The van der Waals surface area contributed by atoms with E-state index in [4.69, 9.17) is 0 Å². The molecule has 1 heterocycles. The summed E-state index contributed by atoms with van der Waals surface area (Å²) >= 11 is 0. The molecular formula is C21H25NO3. The molecule has 2 aromatic rings. The highest BCUT2D eigenvalue weighted by Gasteiger charge is 2.34. The van der Waals surface area contributed by atoms with Crippen LogP contribution in [0.3, 0.4) is 0 Å². The summed E-state index contributed by atoms with van der Waals surface area (Å²) in [6.07, 6.45) is 1.97. The summed E-state index contributed by atoms with van der Waals surface area (Å²) in [5.74, 6) is -0.909. The third-order valence-corrected chi connectivity index (χ3v) is 5.19. The average molecular weight is 339 g/mol. The van der Waals surface area contributed by atoms with Gasteiger partial charge in [0, 0.05) is 19.6 Å². The van der Waals surface area contributed by atoms with Crippen molar-refractivity contribution in [1.82, 2.24) is 4.90 Å². The number of likely N-dealkylation sites (tertiary alicyclic amines) is 1. The molecule has 0 atom stereocenters. The number of benzene rings is 2. The Morgan fingerprint density at radius 2 is 1.80 bits per heavy atom. The maximum absolute atomic E-state index is 11.3. The molecule has 25 heavy (non-hydrogen) atoms. The summed E-state index contributed by atoms with van der Waals surface area (Å²) in [6, 6.07) is 15.6. The molecule has 0 aromatic heterocycles. The molecule has 0 saturated carbocycles.